The Kier molecular flexibility index (Phi) is 6.36. The van der Waals surface area contributed by atoms with Gasteiger partial charge in [0.15, 0.2) is 0 Å². The van der Waals surface area contributed by atoms with Crippen LogP contribution in [0.5, 0.6) is 11.5 Å². The molecule has 10 nitrogen and oxygen atoms in total. The number of nitrogens with one attached hydrogen (secondary N) is 1. The number of methoxy groups -OCH3 is 2. The molecule has 0 saturated carbocycles. The Hall–Kier alpha value is -4.18. The van der Waals surface area contributed by atoms with Crippen LogP contribution in [0.4, 0.5) is 11.4 Å². The van der Waals surface area contributed by atoms with Gasteiger partial charge in [0.25, 0.3) is 0 Å². The zero-order valence-electron chi connectivity index (χ0n) is 18.5. The molecule has 0 radical (unpaired) electrons. The van der Waals surface area contributed by atoms with Gasteiger partial charge in [0.05, 0.1) is 56.6 Å². The lowest BCUT2D eigenvalue weighted by Gasteiger charge is -2.26. The second-order valence-electron chi connectivity index (χ2n) is 7.31. The van der Waals surface area contributed by atoms with Crippen molar-refractivity contribution in [3.63, 3.8) is 0 Å². The molecule has 170 valence electrons. The molecule has 0 aliphatic rings. The van der Waals surface area contributed by atoms with E-state index in [0.717, 1.165) is 22.5 Å². The number of rotatable bonds is 9. The summed E-state index contributed by atoms with van der Waals surface area (Å²) in [7, 11) is 5.01. The van der Waals surface area contributed by atoms with Gasteiger partial charge >= 0.3 is 5.97 Å². The number of anilines is 2. The van der Waals surface area contributed by atoms with Crippen molar-refractivity contribution < 1.29 is 19.4 Å². The van der Waals surface area contributed by atoms with Crippen LogP contribution in [0.3, 0.4) is 0 Å². The molecule has 0 bridgehead atoms. The van der Waals surface area contributed by atoms with Gasteiger partial charge < -0.3 is 19.5 Å². The molecule has 0 amide bonds. The second-order valence-corrected chi connectivity index (χ2v) is 7.31. The molecule has 2 aromatic heterocycles. The normalized spacial score (nSPS) is 10.9. The summed E-state index contributed by atoms with van der Waals surface area (Å²) >= 11 is 0. The van der Waals surface area contributed by atoms with Gasteiger partial charge in [-0.05, 0) is 18.2 Å². The van der Waals surface area contributed by atoms with Gasteiger partial charge in [0.1, 0.15) is 11.5 Å². The standard InChI is InChI=1S/C23H24N6O4/c1-28-13-15(10-26-28)22-11-25-20-5-4-16(8-21(20)27-22)29(14-24-12-23(30)31)17-6-18(32-2)9-19(7-17)33-3/h4-11,13,24H,12,14H2,1-3H3,(H,30,31). The van der Waals surface area contributed by atoms with Crippen molar-refractivity contribution in [2.45, 2.75) is 0 Å². The van der Waals surface area contributed by atoms with E-state index in [0.29, 0.717) is 22.7 Å². The minimum atomic E-state index is -0.941. The number of carboxylic acid groups (broad SMARTS) is 1. The molecule has 0 unspecified atom stereocenters. The minimum Gasteiger partial charge on any atom is -0.497 e. The molecular weight excluding hydrogens is 424 g/mol. The van der Waals surface area contributed by atoms with E-state index in [2.05, 4.69) is 15.4 Å². The molecule has 2 heterocycles. The quantitative estimate of drug-likeness (QED) is 0.373. The third-order valence-electron chi connectivity index (χ3n) is 5.03. The first kappa shape index (κ1) is 22.0. The molecule has 0 atom stereocenters. The number of nitrogens with zero attached hydrogens (tertiary/aromatic N) is 5. The first-order chi connectivity index (χ1) is 16.0. The van der Waals surface area contributed by atoms with Gasteiger partial charge in [-0.15, -0.1) is 0 Å². The third-order valence-corrected chi connectivity index (χ3v) is 5.03. The zero-order valence-corrected chi connectivity index (χ0v) is 18.5. The predicted octanol–water partition coefficient (Wildman–Crippen LogP) is 2.82. The first-order valence-corrected chi connectivity index (χ1v) is 10.2. The molecule has 4 rings (SSSR count). The van der Waals surface area contributed by atoms with Gasteiger partial charge in [-0.2, -0.15) is 5.10 Å². The van der Waals surface area contributed by atoms with Crippen molar-refractivity contribution >= 4 is 28.4 Å². The van der Waals surface area contributed by atoms with Crippen molar-refractivity contribution in [1.82, 2.24) is 25.1 Å². The monoisotopic (exact) mass is 448 g/mol. The SMILES string of the molecule is COc1cc(OC)cc(N(CNCC(=O)O)c2ccc3ncc(-c4cnn(C)c4)nc3c2)c1. The van der Waals surface area contributed by atoms with Gasteiger partial charge in [0, 0.05) is 48.4 Å². The van der Waals surface area contributed by atoms with E-state index < -0.39 is 5.97 Å². The van der Waals surface area contributed by atoms with Crippen molar-refractivity contribution in [3.05, 3.63) is 55.0 Å². The minimum absolute atomic E-state index is 0.184. The van der Waals surface area contributed by atoms with Gasteiger partial charge in [0.2, 0.25) is 0 Å². The highest BCUT2D eigenvalue weighted by molar-refractivity contribution is 5.82. The summed E-state index contributed by atoms with van der Waals surface area (Å²) in [4.78, 5) is 22.3. The maximum Gasteiger partial charge on any atom is 0.317 e. The Balaban J connectivity index is 1.76. The van der Waals surface area contributed by atoms with Gasteiger partial charge in [-0.25, -0.2) is 4.98 Å². The molecule has 0 saturated heterocycles. The summed E-state index contributed by atoms with van der Waals surface area (Å²) in [6, 6.07) is 11.2. The number of carboxylic acids is 1. The molecule has 10 heteroatoms. The van der Waals surface area contributed by atoms with Crippen molar-refractivity contribution in [2.75, 3.05) is 32.3 Å². The molecular formula is C23H24N6O4. The summed E-state index contributed by atoms with van der Waals surface area (Å²) in [5.41, 5.74) is 4.59. The van der Waals surface area contributed by atoms with Gasteiger partial charge in [-0.1, -0.05) is 0 Å². The van der Waals surface area contributed by atoms with E-state index in [-0.39, 0.29) is 13.2 Å². The Morgan fingerprint density at radius 3 is 2.45 bits per heavy atom. The summed E-state index contributed by atoms with van der Waals surface area (Å²) < 4.78 is 12.5. The number of hydrogen-bond acceptors (Lipinski definition) is 8. The first-order valence-electron chi connectivity index (χ1n) is 10.2. The Morgan fingerprint density at radius 2 is 1.82 bits per heavy atom. The van der Waals surface area contributed by atoms with Crippen LogP contribution in [0, 0.1) is 0 Å². The number of fused-ring (bicyclic) bond motifs is 1. The number of carbonyl (C=O) groups is 1. The predicted molar refractivity (Wildman–Crippen MR) is 124 cm³/mol. The average molecular weight is 448 g/mol. The molecule has 0 spiro atoms. The molecule has 2 aromatic carbocycles. The smallest absolute Gasteiger partial charge is 0.317 e. The highest BCUT2D eigenvalue weighted by atomic mass is 16.5. The van der Waals surface area contributed by atoms with E-state index in [1.807, 2.05) is 48.5 Å². The van der Waals surface area contributed by atoms with Crippen LogP contribution < -0.4 is 19.7 Å². The fourth-order valence-corrected chi connectivity index (χ4v) is 3.41. The molecule has 4 aromatic rings. The third kappa shape index (κ3) is 5.01. The number of benzene rings is 2. The maximum atomic E-state index is 11.1. The largest absolute Gasteiger partial charge is 0.497 e. The Labute approximate surface area is 190 Å². The van der Waals surface area contributed by atoms with Crippen LogP contribution in [-0.4, -0.2) is 58.3 Å². The lowest BCUT2D eigenvalue weighted by Crippen LogP contribution is -2.34. The van der Waals surface area contributed by atoms with E-state index >= 15 is 0 Å². The highest BCUT2D eigenvalue weighted by Crippen LogP contribution is 2.33. The number of aromatic nitrogens is 4. The number of hydrogen-bond donors (Lipinski definition) is 2. The van der Waals surface area contributed by atoms with Crippen LogP contribution >= 0.6 is 0 Å². The van der Waals surface area contributed by atoms with Crippen LogP contribution in [0.1, 0.15) is 0 Å². The molecule has 0 aliphatic carbocycles. The second kappa shape index (κ2) is 9.53. The Morgan fingerprint density at radius 1 is 1.06 bits per heavy atom. The van der Waals surface area contributed by atoms with Crippen LogP contribution in [0.25, 0.3) is 22.3 Å². The van der Waals surface area contributed by atoms with E-state index in [9.17, 15) is 4.79 Å². The molecule has 2 N–H and O–H groups in total. The highest BCUT2D eigenvalue weighted by Gasteiger charge is 2.15. The summed E-state index contributed by atoms with van der Waals surface area (Å²) in [6.07, 6.45) is 5.34. The lowest BCUT2D eigenvalue weighted by molar-refractivity contribution is -0.135. The van der Waals surface area contributed by atoms with E-state index in [1.54, 1.807) is 37.4 Å². The van der Waals surface area contributed by atoms with Crippen LogP contribution in [-0.2, 0) is 11.8 Å². The summed E-state index contributed by atoms with van der Waals surface area (Å²) in [5, 5.41) is 16.2. The fourth-order valence-electron chi connectivity index (χ4n) is 3.41. The van der Waals surface area contributed by atoms with Crippen molar-refractivity contribution in [1.29, 1.82) is 0 Å². The topological polar surface area (TPSA) is 115 Å². The number of ether oxygens (including phenoxy) is 2. The summed E-state index contributed by atoms with van der Waals surface area (Å²) in [5.74, 6) is 0.294. The molecule has 0 fully saturated rings. The van der Waals surface area contributed by atoms with E-state index in [1.165, 1.54) is 0 Å². The maximum absolute atomic E-state index is 11.1. The number of aryl methyl sites for hydroxylation is 1. The number of aliphatic carboxylic acids is 1. The zero-order chi connectivity index (χ0) is 23.4. The van der Waals surface area contributed by atoms with E-state index in [4.69, 9.17) is 19.6 Å². The average Bonchev–Trinajstić information content (AvgIpc) is 3.26. The van der Waals surface area contributed by atoms with Gasteiger partial charge in [-0.3, -0.25) is 19.8 Å². The van der Waals surface area contributed by atoms with Crippen LogP contribution in [0.2, 0.25) is 0 Å². The van der Waals surface area contributed by atoms with Crippen LogP contribution in [0.15, 0.2) is 55.0 Å². The Bertz CT molecular complexity index is 1270. The van der Waals surface area contributed by atoms with Crippen molar-refractivity contribution in [2.24, 2.45) is 7.05 Å². The van der Waals surface area contributed by atoms with Crippen molar-refractivity contribution in [3.8, 4) is 22.8 Å². The molecule has 0 aliphatic heterocycles. The lowest BCUT2D eigenvalue weighted by atomic mass is 10.2. The summed E-state index contributed by atoms with van der Waals surface area (Å²) in [6.45, 7) is 0.0556. The fraction of sp³-hybridized carbons (Fsp3) is 0.217. The molecule has 33 heavy (non-hydrogen) atoms.